The van der Waals surface area contributed by atoms with Crippen molar-refractivity contribution in [1.82, 2.24) is 0 Å². The van der Waals surface area contributed by atoms with Gasteiger partial charge < -0.3 is 0 Å². The molecule has 0 N–H and O–H groups in total. The van der Waals surface area contributed by atoms with Crippen LogP contribution in [0.4, 0.5) is 0 Å². The van der Waals surface area contributed by atoms with Gasteiger partial charge in [0.25, 0.3) is 0 Å². The lowest BCUT2D eigenvalue weighted by Gasteiger charge is -2.48. The van der Waals surface area contributed by atoms with E-state index in [1.807, 2.05) is 6.08 Å². The lowest BCUT2D eigenvalue weighted by atomic mass is 9.57. The SMILES string of the molecule is C=C/C=C1/CCCC2CCC(CC(=C)CC)C2(C)CC1(C)CCC. The minimum absolute atomic E-state index is 0.354. The summed E-state index contributed by atoms with van der Waals surface area (Å²) >= 11 is 0. The van der Waals surface area contributed by atoms with Gasteiger partial charge >= 0.3 is 0 Å². The zero-order valence-corrected chi connectivity index (χ0v) is 16.8. The van der Waals surface area contributed by atoms with Gasteiger partial charge in [0.05, 0.1) is 0 Å². The molecular weight excluding hydrogens is 288 g/mol. The molecular formula is C24H40. The molecule has 4 atom stereocenters. The second-order valence-electron chi connectivity index (χ2n) is 9.09. The maximum Gasteiger partial charge on any atom is -0.0108 e. The van der Waals surface area contributed by atoms with E-state index in [0.717, 1.165) is 18.3 Å². The van der Waals surface area contributed by atoms with Gasteiger partial charge in [0.1, 0.15) is 0 Å². The monoisotopic (exact) mass is 328 g/mol. The predicted molar refractivity (Wildman–Crippen MR) is 108 cm³/mol. The van der Waals surface area contributed by atoms with Crippen molar-refractivity contribution in [2.45, 2.75) is 91.9 Å². The first-order chi connectivity index (χ1) is 11.4. The van der Waals surface area contributed by atoms with Crippen LogP contribution in [0.1, 0.15) is 91.9 Å². The number of rotatable bonds is 6. The van der Waals surface area contributed by atoms with Gasteiger partial charge in [0.15, 0.2) is 0 Å². The fourth-order valence-electron chi connectivity index (χ4n) is 6.01. The lowest BCUT2D eigenvalue weighted by molar-refractivity contribution is 0.0663. The summed E-state index contributed by atoms with van der Waals surface area (Å²) in [5.41, 5.74) is 3.97. The Morgan fingerprint density at radius 3 is 2.58 bits per heavy atom. The molecule has 0 amide bonds. The Kier molecular flexibility index (Phi) is 6.57. The van der Waals surface area contributed by atoms with E-state index in [1.165, 1.54) is 63.4 Å². The van der Waals surface area contributed by atoms with Crippen LogP contribution in [0.25, 0.3) is 0 Å². The average Bonchev–Trinajstić information content (AvgIpc) is 2.81. The van der Waals surface area contributed by atoms with E-state index in [4.69, 9.17) is 0 Å². The van der Waals surface area contributed by atoms with Crippen LogP contribution in [0.5, 0.6) is 0 Å². The topological polar surface area (TPSA) is 0 Å². The molecule has 2 aliphatic carbocycles. The highest BCUT2D eigenvalue weighted by atomic mass is 14.5. The second-order valence-corrected chi connectivity index (χ2v) is 9.09. The Bertz CT molecular complexity index is 482. The third kappa shape index (κ3) is 3.89. The minimum atomic E-state index is 0.354. The van der Waals surface area contributed by atoms with E-state index in [9.17, 15) is 0 Å². The fourth-order valence-corrected chi connectivity index (χ4v) is 6.01. The van der Waals surface area contributed by atoms with Crippen LogP contribution < -0.4 is 0 Å². The Hall–Kier alpha value is -0.780. The summed E-state index contributed by atoms with van der Waals surface area (Å²) in [7, 11) is 0. The van der Waals surface area contributed by atoms with Crippen LogP contribution >= 0.6 is 0 Å². The molecule has 2 saturated carbocycles. The molecule has 0 saturated heterocycles. The van der Waals surface area contributed by atoms with Crippen molar-refractivity contribution in [1.29, 1.82) is 0 Å². The number of fused-ring (bicyclic) bond motifs is 1. The summed E-state index contributed by atoms with van der Waals surface area (Å²) in [6, 6.07) is 0. The van der Waals surface area contributed by atoms with Crippen molar-refractivity contribution in [2.75, 3.05) is 0 Å². The van der Waals surface area contributed by atoms with Crippen molar-refractivity contribution < 1.29 is 0 Å². The third-order valence-electron chi connectivity index (χ3n) is 7.43. The van der Waals surface area contributed by atoms with Crippen LogP contribution in [0, 0.1) is 22.7 Å². The zero-order chi connectivity index (χ0) is 17.8. The summed E-state index contributed by atoms with van der Waals surface area (Å²) < 4.78 is 0. The normalized spacial score (nSPS) is 38.4. The van der Waals surface area contributed by atoms with Gasteiger partial charge in [-0.15, -0.1) is 0 Å². The number of hydrogen-bond donors (Lipinski definition) is 0. The molecule has 0 bridgehead atoms. The summed E-state index contributed by atoms with van der Waals surface area (Å²) in [6.45, 7) is 18.1. The van der Waals surface area contributed by atoms with Crippen molar-refractivity contribution in [3.8, 4) is 0 Å². The van der Waals surface area contributed by atoms with Gasteiger partial charge in [-0.25, -0.2) is 0 Å². The number of hydrogen-bond acceptors (Lipinski definition) is 0. The minimum Gasteiger partial charge on any atom is -0.0999 e. The maximum atomic E-state index is 4.34. The number of allylic oxidation sites excluding steroid dienone is 4. The first-order valence-corrected chi connectivity index (χ1v) is 10.4. The molecule has 0 aromatic heterocycles. The van der Waals surface area contributed by atoms with E-state index < -0.39 is 0 Å². The van der Waals surface area contributed by atoms with Gasteiger partial charge in [0.2, 0.25) is 0 Å². The van der Waals surface area contributed by atoms with Crippen LogP contribution in [0.3, 0.4) is 0 Å². The van der Waals surface area contributed by atoms with Crippen LogP contribution in [-0.2, 0) is 0 Å². The van der Waals surface area contributed by atoms with Gasteiger partial charge in [0, 0.05) is 0 Å². The molecule has 0 aliphatic heterocycles. The molecule has 0 spiro atoms. The van der Waals surface area contributed by atoms with Crippen molar-refractivity contribution in [3.63, 3.8) is 0 Å². The average molecular weight is 329 g/mol. The summed E-state index contributed by atoms with van der Waals surface area (Å²) in [4.78, 5) is 0. The summed E-state index contributed by atoms with van der Waals surface area (Å²) in [5, 5.41) is 0. The molecule has 2 fully saturated rings. The van der Waals surface area contributed by atoms with Crippen molar-refractivity contribution in [3.05, 3.63) is 36.5 Å². The molecule has 0 aromatic carbocycles. The zero-order valence-electron chi connectivity index (χ0n) is 16.8. The Labute approximate surface area is 151 Å². The molecule has 0 nitrogen and oxygen atoms in total. The molecule has 2 aliphatic rings. The summed E-state index contributed by atoms with van der Waals surface area (Å²) in [5.74, 6) is 1.77. The molecule has 0 heteroatoms. The first kappa shape index (κ1) is 19.5. The van der Waals surface area contributed by atoms with Crippen molar-refractivity contribution in [2.24, 2.45) is 22.7 Å². The third-order valence-corrected chi connectivity index (χ3v) is 7.43. The lowest BCUT2D eigenvalue weighted by Crippen LogP contribution is -2.38. The Morgan fingerprint density at radius 2 is 1.96 bits per heavy atom. The van der Waals surface area contributed by atoms with Crippen LogP contribution in [0.2, 0.25) is 0 Å². The highest BCUT2D eigenvalue weighted by molar-refractivity contribution is 5.21. The van der Waals surface area contributed by atoms with E-state index in [0.29, 0.717) is 10.8 Å². The first-order valence-electron chi connectivity index (χ1n) is 10.4. The van der Waals surface area contributed by atoms with Gasteiger partial charge in [-0.2, -0.15) is 0 Å². The van der Waals surface area contributed by atoms with E-state index in [1.54, 1.807) is 5.57 Å². The van der Waals surface area contributed by atoms with E-state index in [-0.39, 0.29) is 0 Å². The molecule has 4 unspecified atom stereocenters. The molecule has 0 heterocycles. The molecule has 136 valence electrons. The summed E-state index contributed by atoms with van der Waals surface area (Å²) in [6.07, 6.45) is 17.6. The van der Waals surface area contributed by atoms with E-state index >= 15 is 0 Å². The second kappa shape index (κ2) is 8.07. The fraction of sp³-hybridized carbons (Fsp3) is 0.750. The Morgan fingerprint density at radius 1 is 1.21 bits per heavy atom. The van der Waals surface area contributed by atoms with Gasteiger partial charge in [-0.05, 0) is 80.5 Å². The highest BCUT2D eigenvalue weighted by Crippen LogP contribution is 2.60. The molecule has 24 heavy (non-hydrogen) atoms. The molecule has 0 radical (unpaired) electrons. The van der Waals surface area contributed by atoms with E-state index in [2.05, 4.69) is 46.9 Å². The molecule has 0 aromatic rings. The maximum absolute atomic E-state index is 4.34. The van der Waals surface area contributed by atoms with Gasteiger partial charge in [-0.1, -0.05) is 70.6 Å². The quantitative estimate of drug-likeness (QED) is 0.435. The Balaban J connectivity index is 2.35. The van der Waals surface area contributed by atoms with Crippen molar-refractivity contribution >= 4 is 0 Å². The standard InChI is InChI=1S/C24H40/c1-7-11-20-12-10-13-21-14-15-22(17-19(4)9-3)24(21,6)18-23(20,5)16-8-2/h7,11,21-22H,1,4,8-10,12-18H2,2-3,5-6H3/b20-11-. The molecule has 2 rings (SSSR count). The van der Waals surface area contributed by atoms with Gasteiger partial charge in [-0.3, -0.25) is 0 Å². The van der Waals surface area contributed by atoms with Crippen LogP contribution in [0.15, 0.2) is 36.5 Å². The highest BCUT2D eigenvalue weighted by Gasteiger charge is 2.50. The van der Waals surface area contributed by atoms with Crippen LogP contribution in [-0.4, -0.2) is 0 Å². The predicted octanol–water partition coefficient (Wildman–Crippen LogP) is 7.87. The largest absolute Gasteiger partial charge is 0.0999 e. The smallest absolute Gasteiger partial charge is 0.0108 e.